The van der Waals surface area contributed by atoms with E-state index in [-0.39, 0.29) is 5.91 Å². The van der Waals surface area contributed by atoms with Crippen molar-refractivity contribution in [3.63, 3.8) is 0 Å². The quantitative estimate of drug-likeness (QED) is 0.907. The molecule has 0 saturated carbocycles. The van der Waals surface area contributed by atoms with Crippen LogP contribution in [0.5, 0.6) is 5.75 Å². The first-order chi connectivity index (χ1) is 10.7. The monoisotopic (exact) mass is 315 g/mol. The van der Waals surface area contributed by atoms with Gasteiger partial charge in [-0.1, -0.05) is 17.7 Å². The van der Waals surface area contributed by atoms with E-state index >= 15 is 0 Å². The number of amides is 1. The number of carbonyl (C=O) groups is 1. The summed E-state index contributed by atoms with van der Waals surface area (Å²) < 4.78 is 5.43. The lowest BCUT2D eigenvalue weighted by molar-refractivity contribution is 0.102. The molecule has 0 heterocycles. The van der Waals surface area contributed by atoms with Crippen LogP contribution in [-0.4, -0.2) is 13.0 Å². The first-order valence-electron chi connectivity index (χ1n) is 7.44. The highest BCUT2D eigenvalue weighted by Crippen LogP contribution is 2.33. The maximum absolute atomic E-state index is 12.4. The maximum atomic E-state index is 12.4. The molecule has 0 aromatic heterocycles. The van der Waals surface area contributed by atoms with Crippen LogP contribution in [0.4, 0.5) is 5.69 Å². The van der Waals surface area contributed by atoms with Gasteiger partial charge in [0.15, 0.2) is 0 Å². The van der Waals surface area contributed by atoms with E-state index in [9.17, 15) is 4.79 Å². The molecule has 22 heavy (non-hydrogen) atoms. The molecule has 0 spiro atoms. The van der Waals surface area contributed by atoms with Gasteiger partial charge in [-0.05, 0) is 67.1 Å². The Balaban J connectivity index is 1.89. The minimum Gasteiger partial charge on any atom is -0.495 e. The van der Waals surface area contributed by atoms with Crippen LogP contribution in [0, 0.1) is 0 Å². The number of hydrogen-bond acceptors (Lipinski definition) is 2. The third-order valence-corrected chi connectivity index (χ3v) is 4.23. The zero-order valence-corrected chi connectivity index (χ0v) is 13.2. The number of aryl methyl sites for hydroxylation is 2. The maximum Gasteiger partial charge on any atom is 0.255 e. The molecule has 1 N–H and O–H groups in total. The summed E-state index contributed by atoms with van der Waals surface area (Å²) >= 11 is 5.94. The smallest absolute Gasteiger partial charge is 0.255 e. The van der Waals surface area contributed by atoms with Gasteiger partial charge in [-0.15, -0.1) is 0 Å². The van der Waals surface area contributed by atoms with E-state index < -0.39 is 0 Å². The number of halogens is 1. The molecule has 1 amide bonds. The van der Waals surface area contributed by atoms with Gasteiger partial charge < -0.3 is 10.1 Å². The molecule has 3 nitrogen and oxygen atoms in total. The third-order valence-electron chi connectivity index (χ3n) is 4.00. The molecule has 0 bridgehead atoms. The van der Waals surface area contributed by atoms with Gasteiger partial charge >= 0.3 is 0 Å². The van der Waals surface area contributed by atoms with E-state index in [0.717, 1.165) is 12.8 Å². The highest BCUT2D eigenvalue weighted by molar-refractivity contribution is 6.31. The van der Waals surface area contributed by atoms with Gasteiger partial charge in [0.25, 0.3) is 5.91 Å². The molecule has 2 aromatic carbocycles. The van der Waals surface area contributed by atoms with Crippen molar-refractivity contribution in [3.8, 4) is 5.75 Å². The molecule has 0 saturated heterocycles. The number of hydrogen-bond donors (Lipinski definition) is 1. The van der Waals surface area contributed by atoms with Crippen LogP contribution in [-0.2, 0) is 12.8 Å². The lowest BCUT2D eigenvalue weighted by Crippen LogP contribution is -2.14. The fourth-order valence-electron chi connectivity index (χ4n) is 2.85. The number of rotatable bonds is 3. The van der Waals surface area contributed by atoms with Gasteiger partial charge in [0.1, 0.15) is 5.75 Å². The second kappa shape index (κ2) is 6.41. The van der Waals surface area contributed by atoms with Crippen molar-refractivity contribution >= 4 is 23.2 Å². The first-order valence-corrected chi connectivity index (χ1v) is 7.82. The van der Waals surface area contributed by atoms with Crippen molar-refractivity contribution in [1.82, 2.24) is 0 Å². The van der Waals surface area contributed by atoms with Crippen LogP contribution in [0.15, 0.2) is 36.4 Å². The topological polar surface area (TPSA) is 38.3 Å². The second-order valence-corrected chi connectivity index (χ2v) is 5.93. The summed E-state index contributed by atoms with van der Waals surface area (Å²) in [5.74, 6) is 0.521. The largest absolute Gasteiger partial charge is 0.495 e. The summed E-state index contributed by atoms with van der Waals surface area (Å²) in [7, 11) is 1.62. The van der Waals surface area contributed by atoms with Crippen LogP contribution in [0.3, 0.4) is 0 Å². The van der Waals surface area contributed by atoms with E-state index in [2.05, 4.69) is 5.32 Å². The predicted molar refractivity (Wildman–Crippen MR) is 89.0 cm³/mol. The van der Waals surface area contributed by atoms with E-state index in [1.807, 2.05) is 12.1 Å². The molecule has 0 fully saturated rings. The van der Waals surface area contributed by atoms with Gasteiger partial charge in [0.05, 0.1) is 12.8 Å². The fraction of sp³-hybridized carbons (Fsp3) is 0.278. The molecule has 2 aromatic rings. The van der Waals surface area contributed by atoms with Gasteiger partial charge in [0, 0.05) is 10.6 Å². The van der Waals surface area contributed by atoms with E-state index in [1.54, 1.807) is 31.4 Å². The summed E-state index contributed by atoms with van der Waals surface area (Å²) in [5.41, 5.74) is 3.87. The van der Waals surface area contributed by atoms with Crippen molar-refractivity contribution in [2.45, 2.75) is 25.7 Å². The number of carbonyl (C=O) groups excluding carboxylic acids is 1. The van der Waals surface area contributed by atoms with Crippen molar-refractivity contribution in [2.75, 3.05) is 12.4 Å². The lowest BCUT2D eigenvalue weighted by Gasteiger charge is -2.19. The summed E-state index contributed by atoms with van der Waals surface area (Å²) in [6.07, 6.45) is 4.54. The van der Waals surface area contributed by atoms with Crippen LogP contribution < -0.4 is 10.1 Å². The molecule has 114 valence electrons. The summed E-state index contributed by atoms with van der Waals surface area (Å²) in [6.45, 7) is 0. The number of fused-ring (bicyclic) bond motifs is 1. The third kappa shape index (κ3) is 3.09. The molecule has 4 heteroatoms. The molecule has 0 atom stereocenters. The van der Waals surface area contributed by atoms with Gasteiger partial charge in [-0.2, -0.15) is 0 Å². The highest BCUT2D eigenvalue weighted by atomic mass is 35.5. The zero-order valence-electron chi connectivity index (χ0n) is 12.5. The van der Waals surface area contributed by atoms with Crippen molar-refractivity contribution in [3.05, 3.63) is 58.1 Å². The minimum atomic E-state index is -0.184. The Bertz CT molecular complexity index is 712. The number of anilines is 1. The Hall–Kier alpha value is -2.00. The van der Waals surface area contributed by atoms with E-state index in [1.165, 1.54) is 24.0 Å². The van der Waals surface area contributed by atoms with Crippen molar-refractivity contribution < 1.29 is 9.53 Å². The molecule has 0 aliphatic heterocycles. The number of nitrogens with one attached hydrogen (secondary N) is 1. The molecule has 0 radical (unpaired) electrons. The normalized spacial score (nSPS) is 13.4. The van der Waals surface area contributed by atoms with Crippen LogP contribution in [0.2, 0.25) is 5.02 Å². The van der Waals surface area contributed by atoms with Crippen LogP contribution in [0.25, 0.3) is 0 Å². The molecular weight excluding hydrogens is 298 g/mol. The molecule has 1 aliphatic carbocycles. The molecular formula is C18H18ClNO2. The standard InChI is InChI=1S/C18H18ClNO2/c1-22-17-11-13-6-3-2-5-12(13)10-16(17)20-18(21)14-7-4-8-15(19)9-14/h4,7-11H,2-3,5-6H2,1H3,(H,20,21). The summed E-state index contributed by atoms with van der Waals surface area (Å²) in [4.78, 5) is 12.4. The van der Waals surface area contributed by atoms with E-state index in [4.69, 9.17) is 16.3 Å². The summed E-state index contributed by atoms with van der Waals surface area (Å²) in [6, 6.07) is 11.0. The Morgan fingerprint density at radius 2 is 1.86 bits per heavy atom. The van der Waals surface area contributed by atoms with Crippen LogP contribution in [0.1, 0.15) is 34.3 Å². The number of methoxy groups -OCH3 is 1. The number of ether oxygens (including phenoxy) is 1. The first kappa shape index (κ1) is 14.9. The average molecular weight is 316 g/mol. The van der Waals surface area contributed by atoms with Gasteiger partial charge in [-0.25, -0.2) is 0 Å². The van der Waals surface area contributed by atoms with Crippen LogP contribution >= 0.6 is 11.6 Å². The number of benzene rings is 2. The Morgan fingerprint density at radius 1 is 1.14 bits per heavy atom. The minimum absolute atomic E-state index is 0.184. The molecule has 3 rings (SSSR count). The van der Waals surface area contributed by atoms with E-state index in [0.29, 0.717) is 22.0 Å². The molecule has 0 unspecified atom stereocenters. The van der Waals surface area contributed by atoms with Crippen molar-refractivity contribution in [1.29, 1.82) is 0 Å². The SMILES string of the molecule is COc1cc2c(cc1NC(=O)c1cccc(Cl)c1)CCCC2. The van der Waals surface area contributed by atoms with Crippen molar-refractivity contribution in [2.24, 2.45) is 0 Å². The Morgan fingerprint density at radius 3 is 2.55 bits per heavy atom. The van der Waals surface area contributed by atoms with Gasteiger partial charge in [0.2, 0.25) is 0 Å². The Labute approximate surface area is 135 Å². The van der Waals surface area contributed by atoms with Gasteiger partial charge in [-0.3, -0.25) is 4.79 Å². The lowest BCUT2D eigenvalue weighted by atomic mass is 9.91. The second-order valence-electron chi connectivity index (χ2n) is 5.49. The Kier molecular flexibility index (Phi) is 4.34. The fourth-order valence-corrected chi connectivity index (χ4v) is 3.04. The summed E-state index contributed by atoms with van der Waals surface area (Å²) in [5, 5.41) is 3.48. The predicted octanol–water partition coefficient (Wildman–Crippen LogP) is 4.48. The highest BCUT2D eigenvalue weighted by Gasteiger charge is 2.16. The average Bonchev–Trinajstić information content (AvgIpc) is 2.54. The molecule has 1 aliphatic rings. The zero-order chi connectivity index (χ0) is 15.5.